The normalized spacial score (nSPS) is 10.6. The lowest BCUT2D eigenvalue weighted by Crippen LogP contribution is -2.32. The highest BCUT2D eigenvalue weighted by molar-refractivity contribution is 6.33. The molecule has 3 rings (SSSR count). The van der Waals surface area contributed by atoms with Crippen molar-refractivity contribution in [1.82, 2.24) is 20.4 Å². The first kappa shape index (κ1) is 24.3. The van der Waals surface area contributed by atoms with Crippen LogP contribution in [-0.4, -0.2) is 47.1 Å². The van der Waals surface area contributed by atoms with E-state index in [4.69, 9.17) is 20.8 Å². The number of nitrogens with zero attached hydrogens (tertiary/aromatic N) is 3. The van der Waals surface area contributed by atoms with Gasteiger partial charge in [-0.3, -0.25) is 9.59 Å². The molecule has 0 aliphatic heterocycles. The molecule has 2 amide bonds. The van der Waals surface area contributed by atoms with Crippen LogP contribution in [0.4, 0.5) is 0 Å². The second-order valence-electron chi connectivity index (χ2n) is 7.38. The molecule has 1 aromatic heterocycles. The topological polar surface area (TPSA) is 97.6 Å². The SMILES string of the molecule is CCCN(Cc1nnc(-c2ccccc2Cl)o1)C(=O)CCCNC(=O)c1ccc(OC)cc1. The summed E-state index contributed by atoms with van der Waals surface area (Å²) in [6.07, 6.45) is 1.62. The molecule has 9 heteroatoms. The average molecular weight is 471 g/mol. The monoisotopic (exact) mass is 470 g/mol. The minimum Gasteiger partial charge on any atom is -0.497 e. The summed E-state index contributed by atoms with van der Waals surface area (Å²) >= 11 is 6.19. The van der Waals surface area contributed by atoms with E-state index >= 15 is 0 Å². The molecule has 1 N–H and O–H groups in total. The van der Waals surface area contributed by atoms with Gasteiger partial charge < -0.3 is 19.4 Å². The number of nitrogens with one attached hydrogen (secondary N) is 1. The lowest BCUT2D eigenvalue weighted by atomic mass is 10.2. The maximum atomic E-state index is 12.7. The predicted octanol–water partition coefficient (Wildman–Crippen LogP) is 4.35. The highest BCUT2D eigenvalue weighted by atomic mass is 35.5. The summed E-state index contributed by atoms with van der Waals surface area (Å²) in [7, 11) is 1.57. The lowest BCUT2D eigenvalue weighted by molar-refractivity contribution is -0.132. The van der Waals surface area contributed by atoms with Crippen LogP contribution in [0, 0.1) is 0 Å². The van der Waals surface area contributed by atoms with E-state index in [0.717, 1.165) is 6.42 Å². The maximum absolute atomic E-state index is 12.7. The third kappa shape index (κ3) is 6.79. The molecule has 2 aromatic carbocycles. The lowest BCUT2D eigenvalue weighted by Gasteiger charge is -2.20. The average Bonchev–Trinajstić information content (AvgIpc) is 3.30. The number of carbonyl (C=O) groups excluding carboxylic acids is 2. The smallest absolute Gasteiger partial charge is 0.251 e. The molecule has 8 nitrogen and oxygen atoms in total. The van der Waals surface area contributed by atoms with Crippen LogP contribution in [0.5, 0.6) is 5.75 Å². The van der Waals surface area contributed by atoms with Gasteiger partial charge in [0.25, 0.3) is 5.91 Å². The van der Waals surface area contributed by atoms with E-state index in [0.29, 0.717) is 59.6 Å². The molecule has 0 spiro atoms. The molecule has 0 aliphatic carbocycles. The molecule has 33 heavy (non-hydrogen) atoms. The number of aromatic nitrogens is 2. The quantitative estimate of drug-likeness (QED) is 0.418. The Balaban J connectivity index is 1.49. The molecule has 0 aliphatic rings. The van der Waals surface area contributed by atoms with Gasteiger partial charge in [-0.05, 0) is 49.2 Å². The summed E-state index contributed by atoms with van der Waals surface area (Å²) in [5.74, 6) is 1.13. The third-order valence-electron chi connectivity index (χ3n) is 4.95. The van der Waals surface area contributed by atoms with Gasteiger partial charge in [-0.1, -0.05) is 30.7 Å². The molecule has 174 valence electrons. The van der Waals surface area contributed by atoms with E-state index in [2.05, 4.69) is 15.5 Å². The molecule has 0 saturated carbocycles. The molecule has 0 radical (unpaired) electrons. The zero-order valence-corrected chi connectivity index (χ0v) is 19.5. The van der Waals surface area contributed by atoms with Crippen molar-refractivity contribution in [2.75, 3.05) is 20.2 Å². The Labute approximate surface area is 197 Å². The van der Waals surface area contributed by atoms with Crippen molar-refractivity contribution in [3.63, 3.8) is 0 Å². The van der Waals surface area contributed by atoms with Gasteiger partial charge in [0.2, 0.25) is 17.7 Å². The van der Waals surface area contributed by atoms with Crippen LogP contribution < -0.4 is 10.1 Å². The summed E-state index contributed by atoms with van der Waals surface area (Å²) in [4.78, 5) is 26.7. The zero-order valence-electron chi connectivity index (χ0n) is 18.7. The van der Waals surface area contributed by atoms with Crippen LogP contribution in [-0.2, 0) is 11.3 Å². The Hall–Kier alpha value is -3.39. The number of hydrogen-bond acceptors (Lipinski definition) is 6. The summed E-state index contributed by atoms with van der Waals surface area (Å²) in [6, 6.07) is 14.1. The minimum absolute atomic E-state index is 0.0342. The molecule has 0 atom stereocenters. The Bertz CT molecular complexity index is 1070. The standard InChI is InChI=1S/C24H27ClN4O4/c1-3-15-29(16-21-27-28-24(33-21)19-7-4-5-8-20(19)25)22(30)9-6-14-26-23(31)17-10-12-18(32-2)13-11-17/h4-5,7-8,10-13H,3,6,9,14-16H2,1-2H3,(H,26,31). The Morgan fingerprint density at radius 3 is 2.58 bits per heavy atom. The molecule has 0 saturated heterocycles. The molecule has 1 heterocycles. The van der Waals surface area contributed by atoms with Crippen molar-refractivity contribution in [2.24, 2.45) is 0 Å². The number of methoxy groups -OCH3 is 1. The number of amides is 2. The fourth-order valence-electron chi connectivity index (χ4n) is 3.23. The summed E-state index contributed by atoms with van der Waals surface area (Å²) in [5, 5.41) is 11.5. The first-order chi connectivity index (χ1) is 16.0. The Morgan fingerprint density at radius 1 is 1.12 bits per heavy atom. The second-order valence-corrected chi connectivity index (χ2v) is 7.79. The highest BCUT2D eigenvalue weighted by Gasteiger charge is 2.18. The van der Waals surface area contributed by atoms with E-state index in [9.17, 15) is 9.59 Å². The van der Waals surface area contributed by atoms with Crippen LogP contribution in [0.1, 0.15) is 42.4 Å². The van der Waals surface area contributed by atoms with Crippen molar-refractivity contribution < 1.29 is 18.7 Å². The fraction of sp³-hybridized carbons (Fsp3) is 0.333. The van der Waals surface area contributed by atoms with Gasteiger partial charge in [0.1, 0.15) is 5.75 Å². The van der Waals surface area contributed by atoms with E-state index < -0.39 is 0 Å². The molecule has 0 unspecified atom stereocenters. The zero-order chi connectivity index (χ0) is 23.6. The van der Waals surface area contributed by atoms with Crippen LogP contribution in [0.25, 0.3) is 11.5 Å². The number of hydrogen-bond donors (Lipinski definition) is 1. The van der Waals surface area contributed by atoms with Gasteiger partial charge in [0.15, 0.2) is 0 Å². The van der Waals surface area contributed by atoms with Gasteiger partial charge in [-0.2, -0.15) is 0 Å². The van der Waals surface area contributed by atoms with Gasteiger partial charge >= 0.3 is 0 Å². The highest BCUT2D eigenvalue weighted by Crippen LogP contribution is 2.26. The second kappa shape index (κ2) is 12.0. The fourth-order valence-corrected chi connectivity index (χ4v) is 3.45. The molecule has 0 bridgehead atoms. The number of carbonyl (C=O) groups is 2. The van der Waals surface area contributed by atoms with Crippen LogP contribution in [0.15, 0.2) is 52.9 Å². The number of ether oxygens (including phenoxy) is 1. The van der Waals surface area contributed by atoms with Crippen LogP contribution >= 0.6 is 11.6 Å². The first-order valence-electron chi connectivity index (χ1n) is 10.8. The Kier molecular flexibility index (Phi) is 8.83. The minimum atomic E-state index is -0.187. The first-order valence-corrected chi connectivity index (χ1v) is 11.2. The van der Waals surface area contributed by atoms with Crippen LogP contribution in [0.2, 0.25) is 5.02 Å². The summed E-state index contributed by atoms with van der Waals surface area (Å²) < 4.78 is 10.8. The van der Waals surface area contributed by atoms with Crippen molar-refractivity contribution in [3.8, 4) is 17.2 Å². The summed E-state index contributed by atoms with van der Waals surface area (Å²) in [6.45, 7) is 3.19. The predicted molar refractivity (Wildman–Crippen MR) is 125 cm³/mol. The Morgan fingerprint density at radius 2 is 1.88 bits per heavy atom. The van der Waals surface area contributed by atoms with Gasteiger partial charge in [-0.15, -0.1) is 10.2 Å². The summed E-state index contributed by atoms with van der Waals surface area (Å²) in [5.41, 5.74) is 1.19. The number of halogens is 1. The van der Waals surface area contributed by atoms with E-state index in [-0.39, 0.29) is 18.4 Å². The van der Waals surface area contributed by atoms with E-state index in [1.165, 1.54) is 0 Å². The number of benzene rings is 2. The number of rotatable bonds is 11. The molecule has 3 aromatic rings. The van der Waals surface area contributed by atoms with Crippen LogP contribution in [0.3, 0.4) is 0 Å². The van der Waals surface area contributed by atoms with Crippen molar-refractivity contribution in [3.05, 3.63) is 65.0 Å². The van der Waals surface area contributed by atoms with E-state index in [1.807, 2.05) is 19.1 Å². The van der Waals surface area contributed by atoms with Crippen molar-refractivity contribution in [2.45, 2.75) is 32.7 Å². The van der Waals surface area contributed by atoms with Crippen molar-refractivity contribution in [1.29, 1.82) is 0 Å². The third-order valence-corrected chi connectivity index (χ3v) is 5.28. The molecule has 0 fully saturated rings. The van der Waals surface area contributed by atoms with Crippen molar-refractivity contribution >= 4 is 23.4 Å². The van der Waals surface area contributed by atoms with E-state index in [1.54, 1.807) is 48.4 Å². The van der Waals surface area contributed by atoms with Gasteiger partial charge in [-0.25, -0.2) is 0 Å². The molecular formula is C24H27ClN4O4. The largest absolute Gasteiger partial charge is 0.497 e. The maximum Gasteiger partial charge on any atom is 0.251 e. The van der Waals surface area contributed by atoms with Gasteiger partial charge in [0.05, 0.1) is 24.2 Å². The van der Waals surface area contributed by atoms with Gasteiger partial charge in [0, 0.05) is 25.1 Å². The molecular weight excluding hydrogens is 444 g/mol.